The molecular weight excluding hydrogens is 464 g/mol. The minimum atomic E-state index is -3.04. The zero-order valence-corrected chi connectivity index (χ0v) is 19.7. The molecule has 1 spiro atoms. The van der Waals surface area contributed by atoms with Crippen LogP contribution in [0, 0.1) is 27.7 Å². The van der Waals surface area contributed by atoms with Gasteiger partial charge >= 0.3 is 178 Å². The normalized spacial score (nSPS) is 15.6. The molecule has 142 valence electrons. The summed E-state index contributed by atoms with van der Waals surface area (Å²) in [6.45, 7) is 8.98. The molecule has 0 fully saturated rings. The van der Waals surface area contributed by atoms with Crippen LogP contribution in [0.2, 0.25) is 0 Å². The molecule has 2 heterocycles. The number of aryl methyl sites for hydroxylation is 4. The van der Waals surface area contributed by atoms with E-state index in [2.05, 4.69) is 100 Å². The van der Waals surface area contributed by atoms with E-state index in [1.165, 1.54) is 44.5 Å². The summed E-state index contributed by atoms with van der Waals surface area (Å²) in [6, 6.07) is 28.7. The molecule has 0 radical (unpaired) electrons. The van der Waals surface area contributed by atoms with Gasteiger partial charge in [0.1, 0.15) is 0 Å². The van der Waals surface area contributed by atoms with Crippen molar-refractivity contribution in [1.29, 1.82) is 0 Å². The first-order valence-electron chi connectivity index (χ1n) is 10.3. The first-order valence-corrected chi connectivity index (χ1v) is 14.9. The maximum atomic E-state index is 2.51. The molecule has 6 rings (SSSR count). The van der Waals surface area contributed by atoms with E-state index in [0.29, 0.717) is 0 Å². The summed E-state index contributed by atoms with van der Waals surface area (Å²) in [6.07, 6.45) is 0. The average Bonchev–Trinajstić information content (AvgIpc) is 3.13. The van der Waals surface area contributed by atoms with Gasteiger partial charge in [0.25, 0.3) is 0 Å². The standard InChI is InChI=1S/C28H24Te/c1-17-5-9-21-22-10-6-18(2)14-26(22)29(25(21)13-17)27-15-19(3)7-11-23(27)24-12-8-20(4)16-28(24)29/h5-16H,1-4H3. The van der Waals surface area contributed by atoms with Gasteiger partial charge in [-0.05, 0) is 0 Å². The minimum absolute atomic E-state index is 1.37. The van der Waals surface area contributed by atoms with Crippen molar-refractivity contribution in [2.75, 3.05) is 0 Å². The van der Waals surface area contributed by atoms with Crippen LogP contribution in [-0.4, -0.2) is 18.2 Å². The first-order chi connectivity index (χ1) is 14.0. The molecule has 29 heavy (non-hydrogen) atoms. The van der Waals surface area contributed by atoms with E-state index in [-0.39, 0.29) is 0 Å². The Balaban J connectivity index is 1.88. The zero-order valence-electron chi connectivity index (χ0n) is 17.3. The van der Waals surface area contributed by atoms with Crippen LogP contribution < -0.4 is 14.4 Å². The molecule has 2 aliphatic heterocycles. The molecule has 4 aromatic rings. The van der Waals surface area contributed by atoms with Crippen molar-refractivity contribution < 1.29 is 0 Å². The Morgan fingerprint density at radius 3 is 0.862 bits per heavy atom. The van der Waals surface area contributed by atoms with E-state index in [1.54, 1.807) is 14.4 Å². The van der Waals surface area contributed by atoms with Gasteiger partial charge in [-0.1, -0.05) is 0 Å². The molecule has 0 unspecified atom stereocenters. The van der Waals surface area contributed by atoms with Gasteiger partial charge in [0.15, 0.2) is 0 Å². The topological polar surface area (TPSA) is 0 Å². The van der Waals surface area contributed by atoms with Crippen LogP contribution in [0.4, 0.5) is 0 Å². The fourth-order valence-corrected chi connectivity index (χ4v) is 19.1. The summed E-state index contributed by atoms with van der Waals surface area (Å²) in [5.41, 5.74) is 11.3. The van der Waals surface area contributed by atoms with Gasteiger partial charge in [-0.15, -0.1) is 0 Å². The molecule has 0 saturated carbocycles. The molecular formula is C28H24Te. The Morgan fingerprint density at radius 1 is 0.379 bits per heavy atom. The quantitative estimate of drug-likeness (QED) is 0.281. The number of hydrogen-bond acceptors (Lipinski definition) is 0. The van der Waals surface area contributed by atoms with Crippen molar-refractivity contribution >= 4 is 32.6 Å². The van der Waals surface area contributed by atoms with Crippen LogP contribution in [0.25, 0.3) is 22.3 Å². The van der Waals surface area contributed by atoms with E-state index >= 15 is 0 Å². The summed E-state index contributed by atoms with van der Waals surface area (Å²) >= 11 is -3.04. The van der Waals surface area contributed by atoms with Crippen molar-refractivity contribution in [1.82, 2.24) is 0 Å². The summed E-state index contributed by atoms with van der Waals surface area (Å²) in [5.74, 6) is 0. The van der Waals surface area contributed by atoms with Crippen LogP contribution in [0.3, 0.4) is 0 Å². The van der Waals surface area contributed by atoms with Gasteiger partial charge in [0.2, 0.25) is 0 Å². The fourth-order valence-electron chi connectivity index (χ4n) is 5.13. The van der Waals surface area contributed by atoms with Crippen LogP contribution >= 0.6 is 0 Å². The van der Waals surface area contributed by atoms with Gasteiger partial charge in [0, 0.05) is 0 Å². The van der Waals surface area contributed by atoms with Gasteiger partial charge in [-0.2, -0.15) is 0 Å². The third-order valence-electron chi connectivity index (χ3n) is 6.45. The summed E-state index contributed by atoms with van der Waals surface area (Å²) < 4.78 is 6.52. The van der Waals surface area contributed by atoms with Crippen molar-refractivity contribution in [3.63, 3.8) is 0 Å². The molecule has 0 bridgehead atoms. The molecule has 0 atom stereocenters. The van der Waals surface area contributed by atoms with Crippen molar-refractivity contribution in [3.05, 3.63) is 95.1 Å². The maximum absolute atomic E-state index is 3.04. The Hall–Kier alpha value is -2.33. The molecule has 0 N–H and O–H groups in total. The van der Waals surface area contributed by atoms with Crippen LogP contribution in [0.5, 0.6) is 0 Å². The summed E-state index contributed by atoms with van der Waals surface area (Å²) in [7, 11) is 0. The van der Waals surface area contributed by atoms with Crippen LogP contribution in [0.1, 0.15) is 22.3 Å². The average molecular weight is 488 g/mol. The second-order valence-electron chi connectivity index (χ2n) is 8.61. The monoisotopic (exact) mass is 490 g/mol. The molecule has 0 saturated heterocycles. The van der Waals surface area contributed by atoms with Crippen molar-refractivity contribution in [2.45, 2.75) is 27.7 Å². The Labute approximate surface area is 177 Å². The van der Waals surface area contributed by atoms with E-state index in [1.807, 2.05) is 0 Å². The fraction of sp³-hybridized carbons (Fsp3) is 0.143. The molecule has 0 nitrogen and oxygen atoms in total. The molecule has 1 heteroatoms. The molecule has 2 aliphatic rings. The third kappa shape index (κ3) is 2.16. The van der Waals surface area contributed by atoms with Gasteiger partial charge in [-0.3, -0.25) is 0 Å². The number of benzene rings is 4. The number of hydrogen-bond donors (Lipinski definition) is 0. The Bertz CT molecular complexity index is 1130. The van der Waals surface area contributed by atoms with Crippen molar-refractivity contribution in [3.8, 4) is 22.3 Å². The third-order valence-corrected chi connectivity index (χ3v) is 17.8. The zero-order chi connectivity index (χ0) is 19.9. The summed E-state index contributed by atoms with van der Waals surface area (Å²) in [5, 5.41) is 0. The van der Waals surface area contributed by atoms with Crippen LogP contribution in [0.15, 0.2) is 72.8 Å². The van der Waals surface area contributed by atoms with Gasteiger partial charge in [-0.25, -0.2) is 0 Å². The van der Waals surface area contributed by atoms with E-state index in [4.69, 9.17) is 0 Å². The van der Waals surface area contributed by atoms with Gasteiger partial charge in [0.05, 0.1) is 0 Å². The van der Waals surface area contributed by atoms with Gasteiger partial charge < -0.3 is 0 Å². The first kappa shape index (κ1) is 17.5. The molecule has 4 aromatic carbocycles. The number of rotatable bonds is 0. The van der Waals surface area contributed by atoms with E-state index in [0.717, 1.165) is 0 Å². The summed E-state index contributed by atoms with van der Waals surface area (Å²) in [4.78, 5) is 0. The molecule has 0 aromatic heterocycles. The Morgan fingerprint density at radius 2 is 0.621 bits per heavy atom. The van der Waals surface area contributed by atoms with Crippen LogP contribution in [-0.2, 0) is 0 Å². The molecule has 0 amide bonds. The van der Waals surface area contributed by atoms with Crippen molar-refractivity contribution in [2.24, 2.45) is 0 Å². The SMILES string of the molecule is Cc1ccc2c(c1)[Te]1(c3cc(C)ccc3-2)c2cc(C)ccc2-c2ccc(C)cc21. The molecule has 0 aliphatic carbocycles. The number of fused-ring (bicyclic) bond motifs is 10. The Kier molecular flexibility index (Phi) is 3.54. The van der Waals surface area contributed by atoms with E-state index in [9.17, 15) is 0 Å². The second kappa shape index (κ2) is 5.85. The predicted molar refractivity (Wildman–Crippen MR) is 127 cm³/mol. The van der Waals surface area contributed by atoms with E-state index < -0.39 is 18.2 Å². The second-order valence-corrected chi connectivity index (χ2v) is 17.1. The predicted octanol–water partition coefficient (Wildman–Crippen LogP) is 4.26.